The topological polar surface area (TPSA) is 102 Å². The van der Waals surface area contributed by atoms with E-state index < -0.39 is 11.5 Å². The van der Waals surface area contributed by atoms with Crippen molar-refractivity contribution in [1.29, 1.82) is 0 Å². The second-order valence-electron chi connectivity index (χ2n) is 6.87. The van der Waals surface area contributed by atoms with Crippen LogP contribution in [0.3, 0.4) is 0 Å². The molecule has 1 aliphatic rings. The molecule has 154 valence electrons. The number of ether oxygens (including phenoxy) is 1. The van der Waals surface area contributed by atoms with Crippen LogP contribution >= 0.6 is 11.8 Å². The van der Waals surface area contributed by atoms with Gasteiger partial charge in [0.05, 0.1) is 11.9 Å². The zero-order chi connectivity index (χ0) is 20.8. The van der Waals surface area contributed by atoms with E-state index in [4.69, 9.17) is 4.74 Å². The molecule has 1 atom stereocenters. The molecule has 8 nitrogen and oxygen atoms in total. The normalized spacial score (nSPS) is 15.9. The lowest BCUT2D eigenvalue weighted by Crippen LogP contribution is -2.33. The van der Waals surface area contributed by atoms with Crippen LogP contribution < -0.4 is 16.2 Å². The number of aromatic nitrogens is 2. The first-order chi connectivity index (χ1) is 13.9. The predicted octanol–water partition coefficient (Wildman–Crippen LogP) is 1.73. The van der Waals surface area contributed by atoms with E-state index in [1.54, 1.807) is 12.1 Å². The zero-order valence-electron chi connectivity index (χ0n) is 16.4. The van der Waals surface area contributed by atoms with Gasteiger partial charge in [-0.2, -0.15) is 0 Å². The Morgan fingerprint density at radius 2 is 2.07 bits per heavy atom. The van der Waals surface area contributed by atoms with Crippen molar-refractivity contribution in [3.63, 3.8) is 0 Å². The molecular formula is C20H24N4O4S. The van der Waals surface area contributed by atoms with Crippen molar-refractivity contribution >= 4 is 29.3 Å². The van der Waals surface area contributed by atoms with Gasteiger partial charge < -0.3 is 15.4 Å². The Balaban J connectivity index is 1.58. The maximum Gasteiger partial charge on any atom is 0.266 e. The molecule has 2 amide bonds. The molecule has 1 aromatic heterocycles. The Labute approximate surface area is 173 Å². The fourth-order valence-electron chi connectivity index (χ4n) is 2.87. The average molecular weight is 417 g/mol. The summed E-state index contributed by atoms with van der Waals surface area (Å²) in [4.78, 5) is 41.2. The number of benzene rings is 1. The number of anilines is 1. The number of rotatable bonds is 7. The van der Waals surface area contributed by atoms with E-state index in [1.165, 1.54) is 17.8 Å². The van der Waals surface area contributed by atoms with Gasteiger partial charge in [0.15, 0.2) is 5.16 Å². The van der Waals surface area contributed by atoms with Crippen molar-refractivity contribution in [3.05, 3.63) is 51.9 Å². The van der Waals surface area contributed by atoms with Crippen LogP contribution in [0.25, 0.3) is 0 Å². The first-order valence-electron chi connectivity index (χ1n) is 9.39. The minimum atomic E-state index is -0.521. The van der Waals surface area contributed by atoms with E-state index in [2.05, 4.69) is 15.6 Å². The van der Waals surface area contributed by atoms with Crippen LogP contribution in [0.15, 0.2) is 40.4 Å². The summed E-state index contributed by atoms with van der Waals surface area (Å²) < 4.78 is 6.75. The monoisotopic (exact) mass is 416 g/mol. The molecule has 2 heterocycles. The summed E-state index contributed by atoms with van der Waals surface area (Å²) in [6.07, 6.45) is 3.30. The largest absolute Gasteiger partial charge is 0.376 e. The van der Waals surface area contributed by atoms with Crippen molar-refractivity contribution in [3.8, 4) is 0 Å². The molecule has 2 N–H and O–H groups in total. The third kappa shape index (κ3) is 5.68. The minimum absolute atomic E-state index is 0.0553. The summed E-state index contributed by atoms with van der Waals surface area (Å²) in [7, 11) is 1.53. The molecule has 1 saturated heterocycles. The van der Waals surface area contributed by atoms with Gasteiger partial charge in [-0.3, -0.25) is 19.0 Å². The number of carbonyl (C=O) groups excluding carboxylic acids is 2. The summed E-state index contributed by atoms with van der Waals surface area (Å²) >= 11 is 1.15. The molecule has 2 aromatic rings. The quantitative estimate of drug-likeness (QED) is 0.526. The molecule has 9 heteroatoms. The van der Waals surface area contributed by atoms with Crippen LogP contribution in [-0.4, -0.2) is 46.4 Å². The lowest BCUT2D eigenvalue weighted by atomic mass is 10.2. The van der Waals surface area contributed by atoms with Crippen molar-refractivity contribution < 1.29 is 14.3 Å². The standard InChI is InChI=1S/C20H24N4O4S/c1-13-5-7-14(8-6-13)23-18(26)16-11-22-20(24(2)19(16)27)29-12-17(25)21-10-15-4-3-9-28-15/h5-8,11,15H,3-4,9-10,12H2,1-2H3,(H,21,25)(H,23,26). The maximum atomic E-state index is 12.6. The molecular weight excluding hydrogens is 392 g/mol. The number of carbonyl (C=O) groups is 2. The summed E-state index contributed by atoms with van der Waals surface area (Å²) in [5, 5.41) is 5.89. The molecule has 1 aromatic carbocycles. The molecule has 1 fully saturated rings. The van der Waals surface area contributed by atoms with Gasteiger partial charge in [-0.25, -0.2) is 4.98 Å². The van der Waals surface area contributed by atoms with Crippen LogP contribution in [0.5, 0.6) is 0 Å². The Bertz CT molecular complexity index is 936. The number of hydrogen-bond acceptors (Lipinski definition) is 6. The van der Waals surface area contributed by atoms with Gasteiger partial charge in [-0.1, -0.05) is 29.5 Å². The number of nitrogens with zero attached hydrogens (tertiary/aromatic N) is 2. The van der Waals surface area contributed by atoms with E-state index in [9.17, 15) is 14.4 Å². The fourth-order valence-corrected chi connectivity index (χ4v) is 3.63. The van der Waals surface area contributed by atoms with Crippen LogP contribution in [0.1, 0.15) is 28.8 Å². The van der Waals surface area contributed by atoms with Crippen molar-refractivity contribution in [2.45, 2.75) is 31.0 Å². The van der Waals surface area contributed by atoms with Crippen LogP contribution in [0.2, 0.25) is 0 Å². The second kappa shape index (κ2) is 9.71. The summed E-state index contributed by atoms with van der Waals surface area (Å²) in [6.45, 7) is 3.18. The molecule has 0 aliphatic carbocycles. The summed E-state index contributed by atoms with van der Waals surface area (Å²) in [5.41, 5.74) is 1.15. The van der Waals surface area contributed by atoms with E-state index >= 15 is 0 Å². The Kier molecular flexibility index (Phi) is 7.05. The highest BCUT2D eigenvalue weighted by molar-refractivity contribution is 7.99. The first-order valence-corrected chi connectivity index (χ1v) is 10.4. The van der Waals surface area contributed by atoms with Gasteiger partial charge in [0, 0.05) is 32.1 Å². The fraction of sp³-hybridized carbons (Fsp3) is 0.400. The Morgan fingerprint density at radius 3 is 2.76 bits per heavy atom. The average Bonchev–Trinajstić information content (AvgIpc) is 3.23. The van der Waals surface area contributed by atoms with E-state index in [-0.39, 0.29) is 23.3 Å². The van der Waals surface area contributed by atoms with Gasteiger partial charge in [0.25, 0.3) is 11.5 Å². The van der Waals surface area contributed by atoms with Gasteiger partial charge in [-0.15, -0.1) is 0 Å². The third-order valence-corrected chi connectivity index (χ3v) is 5.61. The van der Waals surface area contributed by atoms with Crippen LogP contribution in [-0.2, 0) is 16.6 Å². The molecule has 29 heavy (non-hydrogen) atoms. The number of nitrogens with one attached hydrogen (secondary N) is 2. The molecule has 0 bridgehead atoms. The molecule has 1 unspecified atom stereocenters. The smallest absolute Gasteiger partial charge is 0.266 e. The van der Waals surface area contributed by atoms with Crippen LogP contribution in [0, 0.1) is 6.92 Å². The van der Waals surface area contributed by atoms with Crippen molar-refractivity contribution in [2.75, 3.05) is 24.2 Å². The molecule has 0 saturated carbocycles. The van der Waals surface area contributed by atoms with E-state index in [0.717, 1.165) is 36.8 Å². The van der Waals surface area contributed by atoms with Gasteiger partial charge >= 0.3 is 0 Å². The lowest BCUT2D eigenvalue weighted by Gasteiger charge is -2.11. The second-order valence-corrected chi connectivity index (χ2v) is 7.81. The Morgan fingerprint density at radius 1 is 1.31 bits per heavy atom. The number of aryl methyl sites for hydroxylation is 1. The molecule has 1 aliphatic heterocycles. The summed E-state index contributed by atoms with van der Waals surface area (Å²) in [6, 6.07) is 7.28. The third-order valence-electron chi connectivity index (χ3n) is 4.56. The predicted molar refractivity (Wildman–Crippen MR) is 111 cm³/mol. The van der Waals surface area contributed by atoms with E-state index in [0.29, 0.717) is 17.4 Å². The SMILES string of the molecule is Cc1ccc(NC(=O)c2cnc(SCC(=O)NCC3CCCO3)n(C)c2=O)cc1. The van der Waals surface area contributed by atoms with E-state index in [1.807, 2.05) is 19.1 Å². The van der Waals surface area contributed by atoms with Gasteiger partial charge in [0.2, 0.25) is 5.91 Å². The number of thioether (sulfide) groups is 1. The van der Waals surface area contributed by atoms with Gasteiger partial charge in [-0.05, 0) is 31.9 Å². The zero-order valence-corrected chi connectivity index (χ0v) is 17.3. The number of hydrogen-bond donors (Lipinski definition) is 2. The van der Waals surface area contributed by atoms with Gasteiger partial charge in [0.1, 0.15) is 5.56 Å². The maximum absolute atomic E-state index is 12.6. The first kappa shape index (κ1) is 21.1. The Hall–Kier alpha value is -2.65. The highest BCUT2D eigenvalue weighted by Crippen LogP contribution is 2.14. The van der Waals surface area contributed by atoms with Crippen LogP contribution in [0.4, 0.5) is 5.69 Å². The molecule has 0 radical (unpaired) electrons. The minimum Gasteiger partial charge on any atom is -0.376 e. The molecule has 0 spiro atoms. The van der Waals surface area contributed by atoms with Crippen molar-refractivity contribution in [1.82, 2.24) is 14.9 Å². The summed E-state index contributed by atoms with van der Waals surface area (Å²) in [5.74, 6) is -0.546. The van der Waals surface area contributed by atoms with Crippen molar-refractivity contribution in [2.24, 2.45) is 7.05 Å². The highest BCUT2D eigenvalue weighted by Gasteiger charge is 2.18. The lowest BCUT2D eigenvalue weighted by molar-refractivity contribution is -0.119. The molecule has 3 rings (SSSR count). The highest BCUT2D eigenvalue weighted by atomic mass is 32.2. The number of amides is 2.